The third-order valence-electron chi connectivity index (χ3n) is 4.21. The van der Waals surface area contributed by atoms with Crippen molar-refractivity contribution in [3.8, 4) is 23.3 Å². The Kier molecular flexibility index (Phi) is 5.02. The summed E-state index contributed by atoms with van der Waals surface area (Å²) in [6.45, 7) is -0.581. The zero-order valence-corrected chi connectivity index (χ0v) is 14.3. The molecule has 4 N–H and O–H groups in total. The summed E-state index contributed by atoms with van der Waals surface area (Å²) in [5.74, 6) is 0.0155. The normalized spacial score (nSPS) is 27.6. The molecule has 0 aliphatic carbocycles. The molecule has 0 bridgehead atoms. The molecule has 1 aliphatic heterocycles. The van der Waals surface area contributed by atoms with Crippen LogP contribution in [0, 0.1) is 0 Å². The van der Waals surface area contributed by atoms with Crippen molar-refractivity contribution in [2.75, 3.05) is 6.61 Å². The van der Waals surface area contributed by atoms with Crippen LogP contribution in [0.3, 0.4) is 0 Å². The van der Waals surface area contributed by atoms with Gasteiger partial charge in [-0.2, -0.15) is 0 Å². The number of ether oxygens (including phenoxy) is 2. The summed E-state index contributed by atoms with van der Waals surface area (Å²) in [7, 11) is 0. The zero-order valence-electron chi connectivity index (χ0n) is 14.3. The van der Waals surface area contributed by atoms with Gasteiger partial charge in [-0.3, -0.25) is 0 Å². The number of aromatic nitrogens is 5. The van der Waals surface area contributed by atoms with Crippen LogP contribution in [0.1, 0.15) is 0 Å². The van der Waals surface area contributed by atoms with Gasteiger partial charge >= 0.3 is 6.08 Å². The van der Waals surface area contributed by atoms with E-state index in [-0.39, 0.29) is 12.0 Å². The van der Waals surface area contributed by atoms with Gasteiger partial charge in [-0.1, -0.05) is 28.5 Å². The summed E-state index contributed by atoms with van der Waals surface area (Å²) in [6.07, 6.45) is -5.98. The minimum Gasteiger partial charge on any atom is -0.416 e. The molecule has 1 fully saturated rings. The number of hydrogen-bond acceptors (Lipinski definition) is 11. The Morgan fingerprint density at radius 1 is 1.00 bits per heavy atom. The Morgan fingerprint density at radius 3 is 2.54 bits per heavy atom. The molecule has 2 aromatic heterocycles. The highest BCUT2D eigenvalue weighted by Crippen LogP contribution is 2.25. The molecule has 0 unspecified atom stereocenters. The Labute approximate surface area is 157 Å². The molecule has 12 heteroatoms. The maximum atomic E-state index is 9.98. The molecule has 0 amide bonds. The number of aliphatic hydroxyl groups is 4. The molecule has 12 nitrogen and oxygen atoms in total. The van der Waals surface area contributed by atoms with Crippen LogP contribution in [0.5, 0.6) is 6.08 Å². The van der Waals surface area contributed by atoms with Crippen LogP contribution < -0.4 is 4.74 Å². The van der Waals surface area contributed by atoms with Crippen LogP contribution in [0.2, 0.25) is 0 Å². The van der Waals surface area contributed by atoms with Gasteiger partial charge in [0.25, 0.3) is 5.89 Å². The lowest BCUT2D eigenvalue weighted by Gasteiger charge is -2.38. The maximum Gasteiger partial charge on any atom is 0.417 e. The van der Waals surface area contributed by atoms with Gasteiger partial charge in [0.15, 0.2) is 5.69 Å². The van der Waals surface area contributed by atoms with E-state index in [9.17, 15) is 20.4 Å². The van der Waals surface area contributed by atoms with Crippen molar-refractivity contribution in [1.29, 1.82) is 0 Å². The molecule has 4 rings (SSSR count). The molecular weight excluding hydrogens is 374 g/mol. The number of para-hydroxylation sites is 1. The number of nitrogens with zero attached hydrogens (tertiary/aromatic N) is 5. The zero-order chi connectivity index (χ0) is 19.7. The van der Waals surface area contributed by atoms with Gasteiger partial charge in [-0.25, -0.2) is 4.68 Å². The molecule has 3 aromatic rings. The van der Waals surface area contributed by atoms with E-state index in [2.05, 4.69) is 20.5 Å². The van der Waals surface area contributed by atoms with E-state index in [1.54, 1.807) is 6.20 Å². The molecule has 0 radical (unpaired) electrons. The topological polar surface area (TPSA) is 169 Å². The van der Waals surface area contributed by atoms with Gasteiger partial charge in [-0.15, -0.1) is 10.2 Å². The average Bonchev–Trinajstić information content (AvgIpc) is 3.38. The van der Waals surface area contributed by atoms with E-state index < -0.39 is 37.3 Å². The van der Waals surface area contributed by atoms with Crippen molar-refractivity contribution in [3.05, 3.63) is 36.5 Å². The minimum atomic E-state index is -1.59. The highest BCUT2D eigenvalue weighted by Gasteiger charge is 2.45. The van der Waals surface area contributed by atoms with E-state index in [1.807, 2.05) is 30.3 Å². The van der Waals surface area contributed by atoms with Crippen LogP contribution >= 0.6 is 0 Å². The van der Waals surface area contributed by atoms with Crippen molar-refractivity contribution in [3.63, 3.8) is 0 Å². The fourth-order valence-electron chi connectivity index (χ4n) is 2.69. The second-order valence-corrected chi connectivity index (χ2v) is 6.07. The molecule has 28 heavy (non-hydrogen) atoms. The molecule has 0 spiro atoms. The smallest absolute Gasteiger partial charge is 0.416 e. The Hall–Kier alpha value is -2.90. The number of hydrogen-bond donors (Lipinski definition) is 4. The average molecular weight is 391 g/mol. The summed E-state index contributed by atoms with van der Waals surface area (Å²) >= 11 is 0. The van der Waals surface area contributed by atoms with Gasteiger partial charge in [0.1, 0.15) is 24.4 Å². The summed E-state index contributed by atoms with van der Waals surface area (Å²) in [6, 6.07) is 9.29. The van der Waals surface area contributed by atoms with Crippen molar-refractivity contribution in [2.24, 2.45) is 0 Å². The predicted octanol–water partition coefficient (Wildman–Crippen LogP) is -1.50. The third kappa shape index (κ3) is 3.46. The second kappa shape index (κ2) is 7.61. The summed E-state index contributed by atoms with van der Waals surface area (Å²) in [5.41, 5.74) is 1.08. The molecule has 1 saturated heterocycles. The SMILES string of the molecule is OC[C@H]1O[C@@H](Oc2nnc(-c3cn(-c4ccccc4)nn3)o2)[C@H](O)[C@@H](O)[C@@H]1O. The summed E-state index contributed by atoms with van der Waals surface area (Å²) < 4.78 is 17.3. The molecule has 148 valence electrons. The van der Waals surface area contributed by atoms with Crippen LogP contribution in [-0.4, -0.2) is 82.9 Å². The van der Waals surface area contributed by atoms with Crippen LogP contribution in [0.15, 0.2) is 40.9 Å². The minimum absolute atomic E-state index is 0.0155. The van der Waals surface area contributed by atoms with Crippen LogP contribution in [0.4, 0.5) is 0 Å². The van der Waals surface area contributed by atoms with Gasteiger partial charge in [0, 0.05) is 0 Å². The second-order valence-electron chi connectivity index (χ2n) is 6.07. The highest BCUT2D eigenvalue weighted by atomic mass is 16.7. The van der Waals surface area contributed by atoms with Crippen molar-refractivity contribution < 1.29 is 34.3 Å². The quantitative estimate of drug-likeness (QED) is 0.399. The first-order valence-electron chi connectivity index (χ1n) is 8.35. The summed E-state index contributed by atoms with van der Waals surface area (Å²) in [4.78, 5) is 0. The largest absolute Gasteiger partial charge is 0.417 e. The van der Waals surface area contributed by atoms with E-state index >= 15 is 0 Å². The predicted molar refractivity (Wildman–Crippen MR) is 89.0 cm³/mol. The number of aliphatic hydroxyl groups excluding tert-OH is 4. The van der Waals surface area contributed by atoms with Gasteiger partial charge in [0.05, 0.1) is 18.5 Å². The van der Waals surface area contributed by atoms with E-state index in [4.69, 9.17) is 13.9 Å². The van der Waals surface area contributed by atoms with Gasteiger partial charge < -0.3 is 34.3 Å². The van der Waals surface area contributed by atoms with Gasteiger partial charge in [0.2, 0.25) is 6.29 Å². The van der Waals surface area contributed by atoms with Gasteiger partial charge in [-0.05, 0) is 12.1 Å². The molecular formula is C16H17N5O7. The maximum absolute atomic E-state index is 9.98. The van der Waals surface area contributed by atoms with E-state index in [0.29, 0.717) is 5.69 Å². The molecule has 1 aromatic carbocycles. The first-order chi connectivity index (χ1) is 13.6. The molecule has 5 atom stereocenters. The standard InChI is InChI=1S/C16H17N5O7/c22-7-10-11(23)12(24)13(25)15(26-10)28-16-19-18-14(27-16)9-6-21(20-17-9)8-4-2-1-3-5-8/h1-6,10-13,15,22-25H,7H2/t10-,11-,12+,13-,15+/m1/s1. The van der Waals surface area contributed by atoms with Crippen molar-refractivity contribution in [1.82, 2.24) is 25.2 Å². The Bertz CT molecular complexity index is 915. The van der Waals surface area contributed by atoms with Crippen molar-refractivity contribution >= 4 is 0 Å². The summed E-state index contributed by atoms with van der Waals surface area (Å²) in [5, 5.41) is 54.2. The van der Waals surface area contributed by atoms with E-state index in [0.717, 1.165) is 5.69 Å². The Morgan fingerprint density at radius 2 is 1.79 bits per heavy atom. The monoisotopic (exact) mass is 391 g/mol. The van der Waals surface area contributed by atoms with Crippen LogP contribution in [0.25, 0.3) is 17.3 Å². The van der Waals surface area contributed by atoms with Crippen molar-refractivity contribution in [2.45, 2.75) is 30.7 Å². The fraction of sp³-hybridized carbons (Fsp3) is 0.375. The lowest BCUT2D eigenvalue weighted by atomic mass is 9.99. The lowest BCUT2D eigenvalue weighted by molar-refractivity contribution is -0.280. The molecule has 3 heterocycles. The van der Waals surface area contributed by atoms with E-state index in [1.165, 1.54) is 4.68 Å². The molecule has 0 saturated carbocycles. The molecule has 1 aliphatic rings. The number of rotatable bonds is 5. The van der Waals surface area contributed by atoms with Crippen LogP contribution in [-0.2, 0) is 4.74 Å². The first-order valence-corrected chi connectivity index (χ1v) is 8.35. The number of benzene rings is 1. The highest BCUT2D eigenvalue weighted by molar-refractivity contribution is 5.45. The fourth-order valence-corrected chi connectivity index (χ4v) is 2.69. The first kappa shape index (κ1) is 18.5. The lowest BCUT2D eigenvalue weighted by Crippen LogP contribution is -2.60. The third-order valence-corrected chi connectivity index (χ3v) is 4.21. The Balaban J connectivity index is 1.48.